The highest BCUT2D eigenvalue weighted by molar-refractivity contribution is 14.1. The second-order valence-electron chi connectivity index (χ2n) is 7.22. The molecule has 0 bridgehead atoms. The number of thioether (sulfide) groups is 1. The Morgan fingerprint density at radius 1 is 1.06 bits per heavy atom. The van der Waals surface area contributed by atoms with E-state index in [1.165, 1.54) is 15.3 Å². The van der Waals surface area contributed by atoms with Crippen LogP contribution in [0.2, 0.25) is 0 Å². The van der Waals surface area contributed by atoms with Gasteiger partial charge in [0.2, 0.25) is 0 Å². The summed E-state index contributed by atoms with van der Waals surface area (Å²) >= 11 is 12.7. The second kappa shape index (κ2) is 11.0. The molecule has 1 fully saturated rings. The van der Waals surface area contributed by atoms with Crippen LogP contribution in [-0.2, 0) is 17.9 Å². The van der Waals surface area contributed by atoms with Gasteiger partial charge in [-0.25, -0.2) is 0 Å². The summed E-state index contributed by atoms with van der Waals surface area (Å²) in [7, 11) is 1.63. The van der Waals surface area contributed by atoms with Crippen LogP contribution in [0.1, 0.15) is 16.7 Å². The highest BCUT2D eigenvalue weighted by atomic mass is 127. The second-order valence-corrected chi connectivity index (χ2v) is 11.0. The molecule has 4 rings (SSSR count). The van der Waals surface area contributed by atoms with E-state index in [1.807, 2.05) is 48.5 Å². The summed E-state index contributed by atoms with van der Waals surface area (Å²) in [5.41, 5.74) is 2.99. The summed E-state index contributed by atoms with van der Waals surface area (Å²) in [4.78, 5) is 15.2. The van der Waals surface area contributed by atoms with Crippen LogP contribution in [0.15, 0.2) is 76.1 Å². The zero-order valence-corrected chi connectivity index (χ0v) is 23.0. The Bertz CT molecular complexity index is 1210. The summed E-state index contributed by atoms with van der Waals surface area (Å²) < 4.78 is 13.7. The van der Waals surface area contributed by atoms with Crippen molar-refractivity contribution in [2.75, 3.05) is 7.11 Å². The number of carbonyl (C=O) groups excluding carboxylic acids is 1. The number of halogens is 2. The molecule has 1 aliphatic heterocycles. The molecule has 33 heavy (non-hydrogen) atoms. The van der Waals surface area contributed by atoms with Crippen LogP contribution in [0.3, 0.4) is 0 Å². The quantitative estimate of drug-likeness (QED) is 0.156. The minimum absolute atomic E-state index is 0.0871. The summed E-state index contributed by atoms with van der Waals surface area (Å²) in [5.74, 6) is 1.44. The standard InChI is InChI=1S/C25H19BrINO3S2/c1-30-20-9-4-16(5-10-20)14-28-24(29)23(33-25(28)32)13-18-6-11-22(21(26)12-18)31-15-17-2-7-19(27)8-3-17/h2-13H,14-15H2,1H3/b23-13-. The number of rotatable bonds is 7. The Hall–Kier alpha value is -1.88. The lowest BCUT2D eigenvalue weighted by molar-refractivity contribution is -0.122. The molecular weight excluding hydrogens is 633 g/mol. The first-order valence-corrected chi connectivity index (χ1v) is 13.1. The molecule has 1 amide bonds. The monoisotopic (exact) mass is 651 g/mol. The van der Waals surface area contributed by atoms with Gasteiger partial charge in [-0.15, -0.1) is 0 Å². The number of ether oxygens (including phenoxy) is 2. The zero-order valence-electron chi connectivity index (χ0n) is 17.6. The van der Waals surface area contributed by atoms with Gasteiger partial charge in [0.05, 0.1) is 23.0 Å². The van der Waals surface area contributed by atoms with Crippen molar-refractivity contribution in [3.05, 3.63) is 96.4 Å². The maximum atomic E-state index is 13.0. The van der Waals surface area contributed by atoms with Crippen LogP contribution in [0.4, 0.5) is 0 Å². The van der Waals surface area contributed by atoms with Crippen molar-refractivity contribution >= 4 is 78.8 Å². The first kappa shape index (κ1) is 24.3. The SMILES string of the molecule is COc1ccc(CN2C(=O)/C(=C/c3ccc(OCc4ccc(I)cc4)c(Br)c3)SC2=S)cc1. The van der Waals surface area contributed by atoms with E-state index < -0.39 is 0 Å². The number of benzene rings is 3. The fourth-order valence-corrected chi connectivity index (χ4v) is 5.29. The molecule has 0 radical (unpaired) electrons. The van der Waals surface area contributed by atoms with Crippen LogP contribution in [0.25, 0.3) is 6.08 Å². The zero-order chi connectivity index (χ0) is 23.4. The van der Waals surface area contributed by atoms with Gasteiger partial charge >= 0.3 is 0 Å². The van der Waals surface area contributed by atoms with Crippen molar-refractivity contribution in [2.45, 2.75) is 13.2 Å². The van der Waals surface area contributed by atoms with Gasteiger partial charge in [-0.3, -0.25) is 9.69 Å². The van der Waals surface area contributed by atoms with E-state index >= 15 is 0 Å². The average molecular weight is 652 g/mol. The van der Waals surface area contributed by atoms with Gasteiger partial charge in [0.25, 0.3) is 5.91 Å². The predicted molar refractivity (Wildman–Crippen MR) is 149 cm³/mol. The van der Waals surface area contributed by atoms with E-state index in [-0.39, 0.29) is 5.91 Å². The molecule has 0 aliphatic carbocycles. The summed E-state index contributed by atoms with van der Waals surface area (Å²) in [6.07, 6.45) is 1.86. The number of carbonyl (C=O) groups is 1. The molecule has 1 heterocycles. The fourth-order valence-electron chi connectivity index (χ4n) is 3.17. The van der Waals surface area contributed by atoms with Crippen LogP contribution in [-0.4, -0.2) is 22.2 Å². The van der Waals surface area contributed by atoms with Gasteiger partial charge in [-0.1, -0.05) is 54.3 Å². The van der Waals surface area contributed by atoms with E-state index in [4.69, 9.17) is 21.7 Å². The van der Waals surface area contributed by atoms with Gasteiger partial charge in [-0.05, 0) is 97.7 Å². The van der Waals surface area contributed by atoms with Crippen LogP contribution in [0.5, 0.6) is 11.5 Å². The highest BCUT2D eigenvalue weighted by Gasteiger charge is 2.32. The number of nitrogens with zero attached hydrogens (tertiary/aromatic N) is 1. The van der Waals surface area contributed by atoms with Gasteiger partial charge < -0.3 is 9.47 Å². The number of methoxy groups -OCH3 is 1. The molecular formula is C25H19BrINO3S2. The number of amides is 1. The van der Waals surface area contributed by atoms with Crippen molar-refractivity contribution in [1.82, 2.24) is 4.90 Å². The van der Waals surface area contributed by atoms with E-state index in [0.717, 1.165) is 32.7 Å². The lowest BCUT2D eigenvalue weighted by Crippen LogP contribution is -2.27. The highest BCUT2D eigenvalue weighted by Crippen LogP contribution is 2.35. The first-order chi connectivity index (χ1) is 15.9. The van der Waals surface area contributed by atoms with Crippen LogP contribution >= 0.6 is 62.5 Å². The maximum absolute atomic E-state index is 13.0. The molecule has 0 saturated carbocycles. The number of thiocarbonyl (C=S) groups is 1. The molecule has 3 aromatic rings. The number of hydrogen-bond acceptors (Lipinski definition) is 5. The summed E-state index contributed by atoms with van der Waals surface area (Å²) in [5, 5.41) is 0. The Labute approximate surface area is 224 Å². The summed E-state index contributed by atoms with van der Waals surface area (Å²) in [6.45, 7) is 0.917. The van der Waals surface area contributed by atoms with Crippen molar-refractivity contribution < 1.29 is 14.3 Å². The van der Waals surface area contributed by atoms with Crippen molar-refractivity contribution in [1.29, 1.82) is 0 Å². The van der Waals surface area contributed by atoms with Gasteiger partial charge in [0.1, 0.15) is 22.4 Å². The van der Waals surface area contributed by atoms with Gasteiger partial charge in [-0.2, -0.15) is 0 Å². The molecule has 0 atom stereocenters. The summed E-state index contributed by atoms with van der Waals surface area (Å²) in [6, 6.07) is 21.6. The molecule has 1 aliphatic rings. The molecule has 0 unspecified atom stereocenters. The minimum Gasteiger partial charge on any atom is -0.497 e. The molecule has 0 aromatic heterocycles. The Kier molecular flexibility index (Phi) is 8.11. The molecule has 0 spiro atoms. The molecule has 1 saturated heterocycles. The fraction of sp³-hybridized carbons (Fsp3) is 0.120. The average Bonchev–Trinajstić information content (AvgIpc) is 3.07. The lowest BCUT2D eigenvalue weighted by Gasteiger charge is -2.14. The van der Waals surface area contributed by atoms with Gasteiger partial charge in [0.15, 0.2) is 0 Å². The van der Waals surface area contributed by atoms with Crippen LogP contribution in [0, 0.1) is 3.57 Å². The van der Waals surface area contributed by atoms with E-state index in [0.29, 0.717) is 22.4 Å². The first-order valence-electron chi connectivity index (χ1n) is 9.98. The van der Waals surface area contributed by atoms with E-state index in [2.05, 4.69) is 62.8 Å². The van der Waals surface area contributed by atoms with Gasteiger partial charge in [0, 0.05) is 3.57 Å². The Morgan fingerprint density at radius 3 is 2.42 bits per heavy atom. The molecule has 8 heteroatoms. The topological polar surface area (TPSA) is 38.8 Å². The predicted octanol–water partition coefficient (Wildman–Crippen LogP) is 7.04. The Balaban J connectivity index is 1.43. The third-order valence-electron chi connectivity index (χ3n) is 4.93. The minimum atomic E-state index is -0.0871. The number of hydrogen-bond donors (Lipinski definition) is 0. The lowest BCUT2D eigenvalue weighted by atomic mass is 10.2. The van der Waals surface area contributed by atoms with E-state index in [1.54, 1.807) is 12.0 Å². The third kappa shape index (κ3) is 6.17. The van der Waals surface area contributed by atoms with Crippen molar-refractivity contribution in [2.24, 2.45) is 0 Å². The smallest absolute Gasteiger partial charge is 0.266 e. The van der Waals surface area contributed by atoms with E-state index in [9.17, 15) is 4.79 Å². The van der Waals surface area contributed by atoms with Crippen molar-refractivity contribution in [3.63, 3.8) is 0 Å². The largest absolute Gasteiger partial charge is 0.497 e. The molecule has 0 N–H and O–H groups in total. The maximum Gasteiger partial charge on any atom is 0.266 e. The third-order valence-corrected chi connectivity index (χ3v) is 7.65. The molecule has 3 aromatic carbocycles. The molecule has 4 nitrogen and oxygen atoms in total. The normalized spacial score (nSPS) is 14.8. The Morgan fingerprint density at radius 2 is 1.76 bits per heavy atom. The van der Waals surface area contributed by atoms with Crippen molar-refractivity contribution in [3.8, 4) is 11.5 Å². The van der Waals surface area contributed by atoms with Crippen LogP contribution < -0.4 is 9.47 Å². The molecule has 168 valence electrons.